The highest BCUT2D eigenvalue weighted by Gasteiger charge is 2.26. The minimum Gasteiger partial charge on any atom is -0.306 e. The topological polar surface area (TPSA) is 12.0 Å². The molecule has 0 radical (unpaired) electrons. The molecule has 0 spiro atoms. The van der Waals surface area contributed by atoms with Crippen molar-refractivity contribution < 1.29 is 0 Å². The zero-order valence-electron chi connectivity index (χ0n) is 15.8. The largest absolute Gasteiger partial charge is 0.306 e. The lowest BCUT2D eigenvalue weighted by molar-refractivity contribution is 0.554. The Hall–Kier alpha value is -0.863. The lowest BCUT2D eigenvalue weighted by atomic mass is 9.90. The summed E-state index contributed by atoms with van der Waals surface area (Å²) in [7, 11) is -0.645. The maximum absolute atomic E-state index is 3.84. The van der Waals surface area contributed by atoms with Crippen molar-refractivity contribution in [3.05, 3.63) is 46.5 Å². The van der Waals surface area contributed by atoms with Crippen molar-refractivity contribution in [2.45, 2.75) is 77.6 Å². The molecule has 1 aliphatic rings. The Labute approximate surface area is 145 Å². The van der Waals surface area contributed by atoms with Crippen LogP contribution in [0.15, 0.2) is 29.8 Å². The minimum absolute atomic E-state index is 0.418. The van der Waals surface area contributed by atoms with Crippen molar-refractivity contribution in [3.63, 3.8) is 0 Å². The molecule has 0 saturated heterocycles. The number of unbranched alkanes of at least 4 members (excludes halogenated alkanes) is 3. The van der Waals surface area contributed by atoms with Crippen LogP contribution in [-0.2, 0) is 0 Å². The van der Waals surface area contributed by atoms with Gasteiger partial charge in [-0.05, 0) is 55.5 Å². The number of benzene rings is 1. The molecule has 1 aliphatic heterocycles. The molecule has 0 bridgehead atoms. The first kappa shape index (κ1) is 18.5. The van der Waals surface area contributed by atoms with Crippen molar-refractivity contribution in [1.29, 1.82) is 0 Å². The van der Waals surface area contributed by atoms with Crippen LogP contribution in [0.25, 0.3) is 0 Å². The van der Waals surface area contributed by atoms with Gasteiger partial charge in [0, 0.05) is 8.80 Å². The zero-order valence-corrected chi connectivity index (χ0v) is 16.9. The van der Waals surface area contributed by atoms with Gasteiger partial charge in [0.25, 0.3) is 0 Å². The Balaban J connectivity index is 2.20. The van der Waals surface area contributed by atoms with Gasteiger partial charge in [0.05, 0.1) is 6.04 Å². The Bertz CT molecular complexity index is 512. The van der Waals surface area contributed by atoms with Crippen LogP contribution >= 0.6 is 0 Å². The van der Waals surface area contributed by atoms with E-state index in [1.54, 1.807) is 5.57 Å². The molecular weight excluding hydrogens is 294 g/mol. The van der Waals surface area contributed by atoms with Crippen LogP contribution in [0.2, 0.25) is 18.6 Å². The summed E-state index contributed by atoms with van der Waals surface area (Å²) in [5.41, 5.74) is 6.95. The molecule has 2 atom stereocenters. The van der Waals surface area contributed by atoms with E-state index in [0.29, 0.717) is 6.04 Å². The predicted octanol–water partition coefficient (Wildman–Crippen LogP) is 5.70. The molecule has 1 heterocycles. The SMILES string of the molecule is CCCCCCC1=CC(c2c(C)cccc2C)NCC1[SiH](C)C. The highest BCUT2D eigenvalue weighted by Crippen LogP contribution is 2.35. The minimum atomic E-state index is -0.645. The Kier molecular flexibility index (Phi) is 7.10. The van der Waals surface area contributed by atoms with Gasteiger partial charge >= 0.3 is 0 Å². The summed E-state index contributed by atoms with van der Waals surface area (Å²) in [5, 5.41) is 3.84. The Morgan fingerprint density at radius 2 is 1.78 bits per heavy atom. The number of hydrogen-bond donors (Lipinski definition) is 1. The number of rotatable bonds is 7. The molecular formula is C21H35NSi. The summed E-state index contributed by atoms with van der Waals surface area (Å²) in [6.45, 7) is 13.0. The molecule has 0 saturated carbocycles. The quantitative estimate of drug-likeness (QED) is 0.384. The fraction of sp³-hybridized carbons (Fsp3) is 0.619. The molecule has 23 heavy (non-hydrogen) atoms. The maximum Gasteiger partial charge on any atom is 0.0514 e. The van der Waals surface area contributed by atoms with Gasteiger partial charge in [-0.15, -0.1) is 0 Å². The predicted molar refractivity (Wildman–Crippen MR) is 106 cm³/mol. The van der Waals surface area contributed by atoms with Crippen molar-refractivity contribution in [2.75, 3.05) is 6.54 Å². The molecule has 1 aromatic carbocycles. The molecule has 0 fully saturated rings. The molecule has 2 heteroatoms. The van der Waals surface area contributed by atoms with Crippen molar-refractivity contribution in [3.8, 4) is 0 Å². The molecule has 0 amide bonds. The third kappa shape index (κ3) is 4.81. The summed E-state index contributed by atoms with van der Waals surface area (Å²) in [6.07, 6.45) is 9.38. The van der Waals surface area contributed by atoms with E-state index in [0.717, 1.165) is 5.54 Å². The van der Waals surface area contributed by atoms with Gasteiger partial charge in [-0.2, -0.15) is 0 Å². The summed E-state index contributed by atoms with van der Waals surface area (Å²) in [5.74, 6) is 0. The number of nitrogens with one attached hydrogen (secondary N) is 1. The van der Waals surface area contributed by atoms with Crippen LogP contribution in [0.5, 0.6) is 0 Å². The molecule has 2 unspecified atom stereocenters. The van der Waals surface area contributed by atoms with E-state index >= 15 is 0 Å². The van der Waals surface area contributed by atoms with Gasteiger partial charge in [-0.1, -0.05) is 69.1 Å². The molecule has 2 rings (SSSR count). The zero-order chi connectivity index (χ0) is 16.8. The van der Waals surface area contributed by atoms with Gasteiger partial charge in [0.1, 0.15) is 0 Å². The van der Waals surface area contributed by atoms with Crippen LogP contribution < -0.4 is 5.32 Å². The fourth-order valence-corrected chi connectivity index (χ4v) is 5.71. The molecule has 1 aromatic rings. The van der Waals surface area contributed by atoms with E-state index in [9.17, 15) is 0 Å². The molecule has 1 nitrogen and oxygen atoms in total. The van der Waals surface area contributed by atoms with Crippen molar-refractivity contribution in [1.82, 2.24) is 5.32 Å². The summed E-state index contributed by atoms with van der Waals surface area (Å²) in [6, 6.07) is 7.10. The summed E-state index contributed by atoms with van der Waals surface area (Å²) in [4.78, 5) is 0. The van der Waals surface area contributed by atoms with Gasteiger partial charge in [-0.3, -0.25) is 0 Å². The monoisotopic (exact) mass is 329 g/mol. The van der Waals surface area contributed by atoms with Crippen LogP contribution in [0.3, 0.4) is 0 Å². The second-order valence-electron chi connectivity index (χ2n) is 7.59. The molecule has 128 valence electrons. The highest BCUT2D eigenvalue weighted by atomic mass is 28.3. The van der Waals surface area contributed by atoms with E-state index in [2.05, 4.69) is 63.5 Å². The van der Waals surface area contributed by atoms with Crippen molar-refractivity contribution >= 4 is 8.80 Å². The summed E-state index contributed by atoms with van der Waals surface area (Å²) >= 11 is 0. The average Bonchev–Trinajstić information content (AvgIpc) is 2.51. The third-order valence-electron chi connectivity index (χ3n) is 5.39. The Morgan fingerprint density at radius 3 is 2.39 bits per heavy atom. The van der Waals surface area contributed by atoms with Crippen LogP contribution in [-0.4, -0.2) is 15.3 Å². The van der Waals surface area contributed by atoms with Crippen molar-refractivity contribution in [2.24, 2.45) is 0 Å². The smallest absolute Gasteiger partial charge is 0.0514 e. The number of hydrogen-bond acceptors (Lipinski definition) is 1. The number of aryl methyl sites for hydroxylation is 2. The average molecular weight is 330 g/mol. The Morgan fingerprint density at radius 1 is 1.09 bits per heavy atom. The fourth-order valence-electron chi connectivity index (χ4n) is 3.97. The standard InChI is InChI=1S/C21H35NSi/c1-6-7-8-9-13-18-14-19(22-15-20(18)23(4)5)21-16(2)11-10-12-17(21)3/h10-12,14,19-20,22-23H,6-9,13,15H2,1-5H3. The molecule has 0 aliphatic carbocycles. The molecule has 0 aromatic heterocycles. The lowest BCUT2D eigenvalue weighted by Gasteiger charge is -2.33. The van der Waals surface area contributed by atoms with E-state index in [1.165, 1.54) is 55.3 Å². The maximum atomic E-state index is 3.84. The van der Waals surface area contributed by atoms with E-state index in [-0.39, 0.29) is 0 Å². The van der Waals surface area contributed by atoms with Crippen LogP contribution in [0.1, 0.15) is 61.8 Å². The van der Waals surface area contributed by atoms with Gasteiger partial charge in [-0.25, -0.2) is 0 Å². The normalized spacial score (nSPS) is 21.6. The van der Waals surface area contributed by atoms with E-state index in [4.69, 9.17) is 0 Å². The van der Waals surface area contributed by atoms with E-state index < -0.39 is 8.80 Å². The van der Waals surface area contributed by atoms with Crippen LogP contribution in [0, 0.1) is 13.8 Å². The van der Waals surface area contributed by atoms with Gasteiger partial charge in [0.15, 0.2) is 0 Å². The second kappa shape index (κ2) is 8.84. The van der Waals surface area contributed by atoms with Crippen LogP contribution in [0.4, 0.5) is 0 Å². The second-order valence-corrected chi connectivity index (χ2v) is 10.9. The van der Waals surface area contributed by atoms with Gasteiger partial charge in [0.2, 0.25) is 0 Å². The summed E-state index contributed by atoms with van der Waals surface area (Å²) < 4.78 is 0. The van der Waals surface area contributed by atoms with Gasteiger partial charge < -0.3 is 5.32 Å². The first-order valence-corrected chi connectivity index (χ1v) is 12.5. The molecule has 1 N–H and O–H groups in total. The first-order valence-electron chi connectivity index (χ1n) is 9.54. The first-order chi connectivity index (χ1) is 11.0. The van der Waals surface area contributed by atoms with E-state index in [1.807, 2.05) is 0 Å². The highest BCUT2D eigenvalue weighted by molar-refractivity contribution is 6.58. The lowest BCUT2D eigenvalue weighted by Crippen LogP contribution is -2.35. The third-order valence-corrected chi connectivity index (χ3v) is 7.66.